The van der Waals surface area contributed by atoms with Gasteiger partial charge < -0.3 is 4.74 Å². The maximum Gasteiger partial charge on any atom is 0.275 e. The second-order valence-electron chi connectivity index (χ2n) is 7.65. The molecule has 8 nitrogen and oxygen atoms in total. The highest BCUT2D eigenvalue weighted by Gasteiger charge is 2.23. The summed E-state index contributed by atoms with van der Waals surface area (Å²) in [5.41, 5.74) is 1.71. The number of thioether (sulfide) groups is 1. The molecule has 1 aliphatic rings. The van der Waals surface area contributed by atoms with Gasteiger partial charge in [-0.05, 0) is 37.7 Å². The smallest absolute Gasteiger partial charge is 0.275 e. The summed E-state index contributed by atoms with van der Waals surface area (Å²) in [5, 5.41) is 6.64. The average molecular weight is 490 g/mol. The Bertz CT molecular complexity index is 1420. The largest absolute Gasteiger partial charge is 0.385 e. The summed E-state index contributed by atoms with van der Waals surface area (Å²) in [6, 6.07) is 1.52. The summed E-state index contributed by atoms with van der Waals surface area (Å²) in [6.07, 6.45) is 4.59. The average Bonchev–Trinajstić information content (AvgIpc) is 3.48. The van der Waals surface area contributed by atoms with Gasteiger partial charge in [0, 0.05) is 37.0 Å². The molecule has 168 valence electrons. The molecule has 32 heavy (non-hydrogen) atoms. The van der Waals surface area contributed by atoms with E-state index < -0.39 is 0 Å². The molecule has 0 aliphatic heterocycles. The molecular weight excluding hydrogens is 466 g/mol. The van der Waals surface area contributed by atoms with E-state index in [0.29, 0.717) is 34.7 Å². The minimum Gasteiger partial charge on any atom is -0.385 e. The lowest BCUT2D eigenvalue weighted by Gasteiger charge is -2.12. The van der Waals surface area contributed by atoms with Gasteiger partial charge in [0.1, 0.15) is 9.84 Å². The first-order chi connectivity index (χ1) is 15.6. The van der Waals surface area contributed by atoms with Crippen LogP contribution >= 0.6 is 34.4 Å². The molecule has 0 radical (unpaired) electrons. The minimum atomic E-state index is -0.183. The van der Waals surface area contributed by atoms with Crippen LogP contribution < -0.4 is 11.1 Å². The molecule has 11 heteroatoms. The van der Waals surface area contributed by atoms with Gasteiger partial charge in [-0.15, -0.1) is 11.3 Å². The lowest BCUT2D eigenvalue weighted by Crippen LogP contribution is -2.24. The van der Waals surface area contributed by atoms with Crippen molar-refractivity contribution in [2.75, 3.05) is 13.7 Å². The third-order valence-electron chi connectivity index (χ3n) is 5.51. The Morgan fingerprint density at radius 2 is 2.09 bits per heavy atom. The summed E-state index contributed by atoms with van der Waals surface area (Å²) < 4.78 is 8.32. The number of ether oxygens (including phenoxy) is 1. The summed E-state index contributed by atoms with van der Waals surface area (Å²) in [4.78, 5) is 38.1. The Balaban J connectivity index is 1.50. The monoisotopic (exact) mass is 489 g/mol. The van der Waals surface area contributed by atoms with Crippen molar-refractivity contribution >= 4 is 49.6 Å². The number of fused-ring (bicyclic) bond motifs is 4. The van der Waals surface area contributed by atoms with Gasteiger partial charge >= 0.3 is 0 Å². The minimum absolute atomic E-state index is 0.0338. The highest BCUT2D eigenvalue weighted by atomic mass is 32.2. The molecule has 0 N–H and O–H groups in total. The Hall–Kier alpha value is -2.08. The first-order valence-corrected chi connectivity index (χ1v) is 13.3. The molecule has 4 heterocycles. The van der Waals surface area contributed by atoms with Crippen LogP contribution in [0.5, 0.6) is 0 Å². The molecule has 0 bridgehead atoms. The van der Waals surface area contributed by atoms with Crippen molar-refractivity contribution in [3.05, 3.63) is 47.9 Å². The maximum absolute atomic E-state index is 13.4. The number of aromatic nitrogens is 5. The van der Waals surface area contributed by atoms with Crippen molar-refractivity contribution in [2.24, 2.45) is 0 Å². The number of hydrogen-bond donors (Lipinski definition) is 0. The van der Waals surface area contributed by atoms with Crippen molar-refractivity contribution in [2.45, 2.75) is 56.5 Å². The van der Waals surface area contributed by atoms with Gasteiger partial charge in [-0.2, -0.15) is 9.61 Å². The zero-order chi connectivity index (χ0) is 22.2. The quantitative estimate of drug-likeness (QED) is 0.213. The molecule has 0 atom stereocenters. The van der Waals surface area contributed by atoms with Crippen LogP contribution in [0.2, 0.25) is 0 Å². The summed E-state index contributed by atoms with van der Waals surface area (Å²) in [5.74, 6) is 0.457. The van der Waals surface area contributed by atoms with E-state index in [1.54, 1.807) is 23.0 Å². The van der Waals surface area contributed by atoms with Gasteiger partial charge in [-0.1, -0.05) is 30.0 Å². The fourth-order valence-electron chi connectivity index (χ4n) is 3.98. The molecular formula is C21H23N5O3S3. The van der Waals surface area contributed by atoms with Gasteiger partial charge in [0.15, 0.2) is 5.16 Å². The molecule has 0 unspecified atom stereocenters. The lowest BCUT2D eigenvalue weighted by atomic mass is 10.2. The number of nitrogens with zero attached hydrogens (tertiary/aromatic N) is 5. The van der Waals surface area contributed by atoms with Crippen LogP contribution in [0.4, 0.5) is 0 Å². The van der Waals surface area contributed by atoms with Gasteiger partial charge in [0.25, 0.3) is 11.1 Å². The van der Waals surface area contributed by atoms with Crippen molar-refractivity contribution in [1.82, 2.24) is 24.1 Å². The zero-order valence-electron chi connectivity index (χ0n) is 17.9. The van der Waals surface area contributed by atoms with Gasteiger partial charge in [0.2, 0.25) is 4.96 Å². The van der Waals surface area contributed by atoms with Gasteiger partial charge in [-0.3, -0.25) is 14.2 Å². The Kier molecular flexibility index (Phi) is 6.15. The second kappa shape index (κ2) is 9.05. The summed E-state index contributed by atoms with van der Waals surface area (Å²) in [6.45, 7) is 3.13. The number of hydrogen-bond acceptors (Lipinski definition) is 9. The SMILES string of the molecule is CCc1nn2c(=O)cc(CSc3nc4sc5c(c4c(=O)n3CCCOC)CCC5)nc2s1. The normalized spacial score (nSPS) is 13.4. The predicted octanol–water partition coefficient (Wildman–Crippen LogP) is 3.30. The van der Waals surface area contributed by atoms with Crippen LogP contribution in [-0.2, 0) is 36.3 Å². The Morgan fingerprint density at radius 1 is 1.22 bits per heavy atom. The van der Waals surface area contributed by atoms with Crippen molar-refractivity contribution in [1.29, 1.82) is 0 Å². The summed E-state index contributed by atoms with van der Waals surface area (Å²) >= 11 is 4.52. The van der Waals surface area contributed by atoms with Gasteiger partial charge in [-0.25, -0.2) is 9.97 Å². The van der Waals surface area contributed by atoms with Crippen molar-refractivity contribution < 1.29 is 4.74 Å². The first kappa shape index (κ1) is 21.7. The number of methoxy groups -OCH3 is 1. The standard InChI is InChI=1S/C21H23N5O3S3/c1-3-15-24-26-16(27)10-12(22-21(26)32-15)11-30-20-23-18-17(13-6-4-7-14(13)31-18)19(28)25(20)8-5-9-29-2/h10H,3-9,11H2,1-2H3. The highest BCUT2D eigenvalue weighted by Crippen LogP contribution is 2.36. The van der Waals surface area contributed by atoms with E-state index >= 15 is 0 Å². The van der Waals surface area contributed by atoms with Crippen LogP contribution in [0.1, 0.15) is 40.9 Å². The molecule has 0 saturated carbocycles. The van der Waals surface area contributed by atoms with E-state index in [1.165, 1.54) is 44.1 Å². The molecule has 0 fully saturated rings. The molecule has 0 amide bonds. The fourth-order valence-corrected chi connectivity index (χ4v) is 7.06. The molecule has 1 aliphatic carbocycles. The van der Waals surface area contributed by atoms with Crippen LogP contribution in [0.25, 0.3) is 15.2 Å². The van der Waals surface area contributed by atoms with Crippen molar-refractivity contribution in [3.8, 4) is 0 Å². The predicted molar refractivity (Wildman–Crippen MR) is 128 cm³/mol. The van der Waals surface area contributed by atoms with Crippen molar-refractivity contribution in [3.63, 3.8) is 0 Å². The topological polar surface area (TPSA) is 91.4 Å². The third-order valence-corrected chi connectivity index (χ3v) is 8.76. The molecule has 4 aromatic rings. The second-order valence-corrected chi connectivity index (χ2v) is 10.7. The molecule has 4 aromatic heterocycles. The lowest BCUT2D eigenvalue weighted by molar-refractivity contribution is 0.189. The van der Waals surface area contributed by atoms with Crippen LogP contribution in [0.3, 0.4) is 0 Å². The molecule has 0 saturated heterocycles. The number of aryl methyl sites for hydroxylation is 3. The van der Waals surface area contributed by atoms with Gasteiger partial charge in [0.05, 0.1) is 11.1 Å². The van der Waals surface area contributed by atoms with E-state index in [-0.39, 0.29) is 11.1 Å². The number of rotatable bonds is 8. The van der Waals surface area contributed by atoms with E-state index in [9.17, 15) is 9.59 Å². The van der Waals surface area contributed by atoms with Crippen LogP contribution in [0, 0.1) is 0 Å². The highest BCUT2D eigenvalue weighted by molar-refractivity contribution is 7.98. The van der Waals surface area contributed by atoms with Crippen LogP contribution in [0.15, 0.2) is 20.8 Å². The first-order valence-electron chi connectivity index (χ1n) is 10.6. The Labute approximate surface area is 196 Å². The van der Waals surface area contributed by atoms with E-state index in [4.69, 9.17) is 9.72 Å². The third kappa shape index (κ3) is 3.91. The van der Waals surface area contributed by atoms with E-state index in [0.717, 1.165) is 47.3 Å². The molecule has 0 spiro atoms. The Morgan fingerprint density at radius 3 is 2.91 bits per heavy atom. The fraction of sp³-hybridized carbons (Fsp3) is 0.476. The van der Waals surface area contributed by atoms with E-state index in [2.05, 4.69) is 10.1 Å². The number of thiophene rings is 1. The maximum atomic E-state index is 13.4. The zero-order valence-corrected chi connectivity index (χ0v) is 20.4. The molecule has 0 aromatic carbocycles. The van der Waals surface area contributed by atoms with E-state index in [1.807, 2.05) is 6.92 Å². The molecule has 5 rings (SSSR count). The van der Waals surface area contributed by atoms with Crippen LogP contribution in [-0.4, -0.2) is 37.9 Å². The summed E-state index contributed by atoms with van der Waals surface area (Å²) in [7, 11) is 1.66.